The van der Waals surface area contributed by atoms with E-state index in [0.29, 0.717) is 0 Å². The molecule has 0 atom stereocenters. The van der Waals surface area contributed by atoms with E-state index in [1.54, 1.807) is 0 Å². The Kier molecular flexibility index (Phi) is 8.04. The molecule has 0 aliphatic carbocycles. The molecule has 176 valence electrons. The Bertz CT molecular complexity index is 1280. The molecule has 0 spiro atoms. The second-order valence-electron chi connectivity index (χ2n) is 8.93. The zero-order valence-electron chi connectivity index (χ0n) is 20.7. The molecule has 0 fully saturated rings. The van der Waals surface area contributed by atoms with Gasteiger partial charge in [0.2, 0.25) is 0 Å². The topological polar surface area (TPSA) is 49.3 Å². The number of pyridine rings is 1. The van der Waals surface area contributed by atoms with Crippen molar-refractivity contribution in [2.45, 2.75) is 46.1 Å². The molecule has 34 heavy (non-hydrogen) atoms. The van der Waals surface area contributed by atoms with Crippen LogP contribution in [-0.4, -0.2) is 30.8 Å². The van der Waals surface area contributed by atoms with Gasteiger partial charge in [0.15, 0.2) is 0 Å². The minimum absolute atomic E-state index is 0.823. The number of aromatic nitrogens is 1. The Morgan fingerprint density at radius 1 is 1.12 bits per heavy atom. The number of hydrogen-bond donors (Lipinski definition) is 2. The van der Waals surface area contributed by atoms with Crippen LogP contribution in [0.4, 0.5) is 5.69 Å². The summed E-state index contributed by atoms with van der Waals surface area (Å²) in [6.45, 7) is 11.1. The largest absolute Gasteiger partial charge is 0.316 e. The van der Waals surface area contributed by atoms with Gasteiger partial charge in [-0.15, -0.1) is 6.58 Å². The molecule has 2 heterocycles. The van der Waals surface area contributed by atoms with Crippen molar-refractivity contribution < 1.29 is 0 Å². The number of rotatable bonds is 10. The SMILES string of the molecule is C=CC/C(=C\C1=CCc2c(ccc3cc4cc(CNCCC)ccc4nc23)N=C1CC)CNC. The third-order valence-electron chi connectivity index (χ3n) is 6.30. The molecule has 0 saturated carbocycles. The van der Waals surface area contributed by atoms with Gasteiger partial charge in [0, 0.05) is 35.1 Å². The number of nitrogens with zero attached hydrogens (tertiary/aromatic N) is 2. The predicted octanol–water partition coefficient (Wildman–Crippen LogP) is 6.57. The average Bonchev–Trinajstić information content (AvgIpc) is 3.02. The van der Waals surface area contributed by atoms with Gasteiger partial charge in [-0.25, -0.2) is 4.98 Å². The molecular weight excluding hydrogens is 416 g/mol. The standard InChI is InChI=1S/C30H36N4/c1-5-8-21(19-31-4)16-23-10-12-26-29(33-27(23)7-3)14-11-24-18-25-17-22(20-32-15-6-2)9-13-28(25)34-30(24)26/h5,9-11,13-14,16-18,31-32H,1,6-8,12,15,19-20H2,2-4H3/b21-16+. The number of allylic oxidation sites excluding steroid dienone is 4. The molecule has 0 unspecified atom stereocenters. The molecule has 0 radical (unpaired) electrons. The van der Waals surface area contributed by atoms with Gasteiger partial charge in [0.1, 0.15) is 0 Å². The minimum atomic E-state index is 0.823. The van der Waals surface area contributed by atoms with Gasteiger partial charge in [-0.2, -0.15) is 0 Å². The Morgan fingerprint density at radius 3 is 2.76 bits per heavy atom. The van der Waals surface area contributed by atoms with Crippen molar-refractivity contribution in [1.82, 2.24) is 15.6 Å². The highest BCUT2D eigenvalue weighted by atomic mass is 14.8. The van der Waals surface area contributed by atoms with E-state index < -0.39 is 0 Å². The van der Waals surface area contributed by atoms with Gasteiger partial charge in [0.25, 0.3) is 0 Å². The Hall–Kier alpha value is -3.08. The van der Waals surface area contributed by atoms with Gasteiger partial charge in [0.05, 0.1) is 16.7 Å². The van der Waals surface area contributed by atoms with E-state index in [-0.39, 0.29) is 0 Å². The second-order valence-corrected chi connectivity index (χ2v) is 8.93. The van der Waals surface area contributed by atoms with Crippen LogP contribution >= 0.6 is 0 Å². The van der Waals surface area contributed by atoms with E-state index in [1.165, 1.54) is 33.0 Å². The smallest absolute Gasteiger partial charge is 0.0766 e. The lowest BCUT2D eigenvalue weighted by molar-refractivity contribution is 0.676. The third kappa shape index (κ3) is 5.35. The first-order valence-corrected chi connectivity index (χ1v) is 12.5. The van der Waals surface area contributed by atoms with Gasteiger partial charge >= 0.3 is 0 Å². The van der Waals surface area contributed by atoms with E-state index in [4.69, 9.17) is 9.98 Å². The number of nitrogens with one attached hydrogen (secondary N) is 2. The molecule has 1 aliphatic heterocycles. The molecule has 4 nitrogen and oxygen atoms in total. The number of hydrogen-bond acceptors (Lipinski definition) is 4. The number of likely N-dealkylation sites (N-methyl/N-ethyl adjacent to an activating group) is 1. The monoisotopic (exact) mass is 452 g/mol. The fraction of sp³-hybridized carbons (Fsp3) is 0.333. The maximum atomic E-state index is 5.11. The Balaban J connectivity index is 1.75. The molecule has 3 aromatic rings. The zero-order valence-corrected chi connectivity index (χ0v) is 20.7. The summed E-state index contributed by atoms with van der Waals surface area (Å²) in [6.07, 6.45) is 10.3. The van der Waals surface area contributed by atoms with Gasteiger partial charge < -0.3 is 10.6 Å². The fourth-order valence-corrected chi connectivity index (χ4v) is 4.61. The van der Waals surface area contributed by atoms with E-state index in [0.717, 1.165) is 67.8 Å². The van der Waals surface area contributed by atoms with Crippen LogP contribution in [0.25, 0.3) is 21.8 Å². The van der Waals surface area contributed by atoms with Crippen LogP contribution < -0.4 is 10.6 Å². The lowest BCUT2D eigenvalue weighted by atomic mass is 10.00. The highest BCUT2D eigenvalue weighted by molar-refractivity contribution is 6.06. The van der Waals surface area contributed by atoms with Crippen LogP contribution in [0.3, 0.4) is 0 Å². The minimum Gasteiger partial charge on any atom is -0.316 e. The van der Waals surface area contributed by atoms with Gasteiger partial charge in [-0.1, -0.05) is 49.8 Å². The Morgan fingerprint density at radius 2 is 2.00 bits per heavy atom. The molecular formula is C30H36N4. The van der Waals surface area contributed by atoms with Crippen molar-refractivity contribution in [3.05, 3.63) is 83.5 Å². The van der Waals surface area contributed by atoms with E-state index in [1.807, 2.05) is 13.1 Å². The summed E-state index contributed by atoms with van der Waals surface area (Å²) in [6, 6.07) is 13.2. The first-order chi connectivity index (χ1) is 16.7. The first-order valence-electron chi connectivity index (χ1n) is 12.5. The van der Waals surface area contributed by atoms with E-state index in [2.05, 4.69) is 79.6 Å². The third-order valence-corrected chi connectivity index (χ3v) is 6.30. The van der Waals surface area contributed by atoms with E-state index in [9.17, 15) is 0 Å². The van der Waals surface area contributed by atoms with Crippen LogP contribution in [-0.2, 0) is 13.0 Å². The number of benzene rings is 2. The highest BCUT2D eigenvalue weighted by Crippen LogP contribution is 2.33. The van der Waals surface area contributed by atoms with Crippen molar-refractivity contribution in [3.63, 3.8) is 0 Å². The quantitative estimate of drug-likeness (QED) is 0.208. The maximum Gasteiger partial charge on any atom is 0.0766 e. The van der Waals surface area contributed by atoms with Crippen molar-refractivity contribution >= 4 is 33.2 Å². The lowest BCUT2D eigenvalue weighted by Gasteiger charge is -2.10. The van der Waals surface area contributed by atoms with Crippen molar-refractivity contribution in [2.24, 2.45) is 4.99 Å². The second kappa shape index (κ2) is 11.4. The molecule has 4 rings (SSSR count). The molecule has 0 saturated heterocycles. The average molecular weight is 453 g/mol. The molecule has 2 aromatic carbocycles. The van der Waals surface area contributed by atoms with Crippen LogP contribution in [0.15, 0.2) is 77.3 Å². The molecule has 0 bridgehead atoms. The van der Waals surface area contributed by atoms with E-state index >= 15 is 0 Å². The summed E-state index contributed by atoms with van der Waals surface area (Å²) in [4.78, 5) is 10.2. The van der Waals surface area contributed by atoms with Crippen molar-refractivity contribution in [3.8, 4) is 0 Å². The van der Waals surface area contributed by atoms with Crippen LogP contribution in [0.5, 0.6) is 0 Å². The molecule has 0 amide bonds. The highest BCUT2D eigenvalue weighted by Gasteiger charge is 2.15. The van der Waals surface area contributed by atoms with Gasteiger partial charge in [-0.05, 0) is 74.7 Å². The lowest BCUT2D eigenvalue weighted by Crippen LogP contribution is -2.13. The zero-order chi connectivity index (χ0) is 23.9. The summed E-state index contributed by atoms with van der Waals surface area (Å²) in [7, 11) is 1.98. The maximum absolute atomic E-state index is 5.11. The summed E-state index contributed by atoms with van der Waals surface area (Å²) < 4.78 is 0. The molecule has 4 heteroatoms. The molecule has 2 N–H and O–H groups in total. The van der Waals surface area contributed by atoms with Gasteiger partial charge in [-0.3, -0.25) is 4.99 Å². The summed E-state index contributed by atoms with van der Waals surface area (Å²) in [5, 5.41) is 9.12. The van der Waals surface area contributed by atoms with Crippen LogP contribution in [0.2, 0.25) is 0 Å². The number of aliphatic imine (C=N–C) groups is 1. The normalized spacial score (nSPS) is 14.0. The van der Waals surface area contributed by atoms with Crippen molar-refractivity contribution in [1.29, 1.82) is 0 Å². The summed E-state index contributed by atoms with van der Waals surface area (Å²) in [5.74, 6) is 0. The number of fused-ring (bicyclic) bond motifs is 4. The van der Waals surface area contributed by atoms with Crippen molar-refractivity contribution in [2.75, 3.05) is 20.1 Å². The molecule has 1 aromatic heterocycles. The molecule has 1 aliphatic rings. The summed E-state index contributed by atoms with van der Waals surface area (Å²) in [5.41, 5.74) is 9.29. The fourth-order valence-electron chi connectivity index (χ4n) is 4.61. The van der Waals surface area contributed by atoms with Crippen LogP contribution in [0, 0.1) is 0 Å². The van der Waals surface area contributed by atoms with Crippen LogP contribution in [0.1, 0.15) is 44.2 Å². The Labute approximate surface area is 203 Å². The summed E-state index contributed by atoms with van der Waals surface area (Å²) >= 11 is 0. The first kappa shape index (κ1) is 24.1. The predicted molar refractivity (Wildman–Crippen MR) is 147 cm³/mol.